The molecule has 2 aromatic carbocycles. The lowest BCUT2D eigenvalue weighted by Gasteiger charge is -2.15. The van der Waals surface area contributed by atoms with Gasteiger partial charge in [0.05, 0.1) is 11.6 Å². The molecule has 0 bridgehead atoms. The zero-order valence-electron chi connectivity index (χ0n) is 18.6. The third-order valence-electron chi connectivity index (χ3n) is 5.35. The van der Waals surface area contributed by atoms with Crippen molar-refractivity contribution in [1.82, 2.24) is 10.5 Å². The smallest absolute Gasteiger partial charge is 0.274 e. The molecule has 0 radical (unpaired) electrons. The van der Waals surface area contributed by atoms with Gasteiger partial charge < -0.3 is 14.6 Å². The van der Waals surface area contributed by atoms with E-state index in [0.717, 1.165) is 16.9 Å². The highest BCUT2D eigenvalue weighted by Gasteiger charge is 2.22. The molecule has 3 aromatic rings. The van der Waals surface area contributed by atoms with E-state index in [1.165, 1.54) is 11.1 Å². The summed E-state index contributed by atoms with van der Waals surface area (Å²) >= 11 is 0. The van der Waals surface area contributed by atoms with Crippen LogP contribution in [0.15, 0.2) is 47.0 Å². The summed E-state index contributed by atoms with van der Waals surface area (Å²) in [4.78, 5) is 12.9. The Kier molecular flexibility index (Phi) is 6.60. The SMILES string of the molecule is Cc1ccc(OCc2c(C(=O)NC(C)c3ccc(C(C)C)cc3)noc2C)c(C)c1. The zero-order chi connectivity index (χ0) is 21.8. The number of rotatable bonds is 7. The van der Waals surface area contributed by atoms with Crippen LogP contribution in [0.2, 0.25) is 0 Å². The van der Waals surface area contributed by atoms with Crippen LogP contribution in [0.4, 0.5) is 0 Å². The van der Waals surface area contributed by atoms with E-state index in [2.05, 4.69) is 54.7 Å². The molecule has 0 fully saturated rings. The van der Waals surface area contributed by atoms with Gasteiger partial charge in [-0.05, 0) is 56.4 Å². The van der Waals surface area contributed by atoms with Gasteiger partial charge in [0.15, 0.2) is 5.69 Å². The summed E-state index contributed by atoms with van der Waals surface area (Å²) in [5, 5.41) is 7.00. The number of benzene rings is 2. The van der Waals surface area contributed by atoms with Crippen LogP contribution < -0.4 is 10.1 Å². The fourth-order valence-electron chi connectivity index (χ4n) is 3.37. The number of ether oxygens (including phenoxy) is 1. The van der Waals surface area contributed by atoms with Crippen molar-refractivity contribution < 1.29 is 14.1 Å². The zero-order valence-corrected chi connectivity index (χ0v) is 18.6. The van der Waals surface area contributed by atoms with Crippen molar-refractivity contribution in [2.75, 3.05) is 0 Å². The first-order valence-electron chi connectivity index (χ1n) is 10.3. The molecule has 1 unspecified atom stereocenters. The lowest BCUT2D eigenvalue weighted by Crippen LogP contribution is -2.28. The van der Waals surface area contributed by atoms with Gasteiger partial charge in [-0.15, -0.1) is 0 Å². The largest absolute Gasteiger partial charge is 0.488 e. The van der Waals surface area contributed by atoms with Gasteiger partial charge in [0.2, 0.25) is 0 Å². The molecule has 0 saturated heterocycles. The molecule has 158 valence electrons. The second-order valence-corrected chi connectivity index (χ2v) is 8.14. The number of aromatic nitrogens is 1. The van der Waals surface area contributed by atoms with Crippen molar-refractivity contribution >= 4 is 5.91 Å². The minimum absolute atomic E-state index is 0.149. The molecule has 1 aromatic heterocycles. The van der Waals surface area contributed by atoms with E-state index in [-0.39, 0.29) is 24.2 Å². The van der Waals surface area contributed by atoms with Gasteiger partial charge in [0.1, 0.15) is 18.1 Å². The van der Waals surface area contributed by atoms with Crippen LogP contribution in [-0.2, 0) is 6.61 Å². The number of hydrogen-bond donors (Lipinski definition) is 1. The number of carbonyl (C=O) groups excluding carboxylic acids is 1. The highest BCUT2D eigenvalue weighted by Crippen LogP contribution is 2.23. The normalized spacial score (nSPS) is 12.1. The van der Waals surface area contributed by atoms with Gasteiger partial charge in [-0.25, -0.2) is 0 Å². The predicted molar refractivity (Wildman–Crippen MR) is 118 cm³/mol. The molecule has 0 spiro atoms. The van der Waals surface area contributed by atoms with Crippen LogP contribution in [0.1, 0.15) is 76.8 Å². The van der Waals surface area contributed by atoms with Gasteiger partial charge in [-0.1, -0.05) is 61.0 Å². The Morgan fingerprint density at radius 1 is 1.03 bits per heavy atom. The average Bonchev–Trinajstić information content (AvgIpc) is 3.08. The Hall–Kier alpha value is -3.08. The Labute approximate surface area is 178 Å². The van der Waals surface area contributed by atoms with Crippen LogP contribution in [0, 0.1) is 20.8 Å². The van der Waals surface area contributed by atoms with Crippen LogP contribution in [0.5, 0.6) is 5.75 Å². The maximum Gasteiger partial charge on any atom is 0.274 e. The van der Waals surface area contributed by atoms with Crippen LogP contribution in [-0.4, -0.2) is 11.1 Å². The molecule has 1 heterocycles. The maximum absolute atomic E-state index is 12.9. The minimum atomic E-state index is -0.272. The number of amides is 1. The number of carbonyl (C=O) groups is 1. The van der Waals surface area contributed by atoms with Gasteiger partial charge >= 0.3 is 0 Å². The fourth-order valence-corrected chi connectivity index (χ4v) is 3.37. The quantitative estimate of drug-likeness (QED) is 0.539. The van der Waals surface area contributed by atoms with E-state index in [0.29, 0.717) is 17.2 Å². The Bertz CT molecular complexity index is 1020. The molecule has 0 saturated carbocycles. The summed E-state index contributed by atoms with van der Waals surface area (Å²) in [6.07, 6.45) is 0. The molecule has 0 aliphatic rings. The third kappa shape index (κ3) is 4.90. The summed E-state index contributed by atoms with van der Waals surface area (Å²) in [5.41, 5.74) is 5.47. The second kappa shape index (κ2) is 9.16. The number of nitrogens with one attached hydrogen (secondary N) is 1. The highest BCUT2D eigenvalue weighted by molar-refractivity contribution is 5.94. The molecule has 1 N–H and O–H groups in total. The molecular formula is C25H30N2O3. The molecule has 30 heavy (non-hydrogen) atoms. The maximum atomic E-state index is 12.9. The lowest BCUT2D eigenvalue weighted by atomic mass is 9.99. The standard InChI is InChI=1S/C25H30N2O3/c1-15(2)20-8-10-21(11-9-20)18(5)26-25(28)24-22(19(6)30-27-24)14-29-23-12-7-16(3)13-17(23)4/h7-13,15,18H,14H2,1-6H3,(H,26,28). The van der Waals surface area contributed by atoms with E-state index < -0.39 is 0 Å². The lowest BCUT2D eigenvalue weighted by molar-refractivity contribution is 0.0928. The second-order valence-electron chi connectivity index (χ2n) is 8.14. The Morgan fingerprint density at radius 3 is 2.33 bits per heavy atom. The Morgan fingerprint density at radius 2 is 1.70 bits per heavy atom. The van der Waals surface area contributed by atoms with Gasteiger partial charge in [-0.2, -0.15) is 0 Å². The first kappa shape index (κ1) is 21.6. The van der Waals surface area contributed by atoms with Gasteiger partial charge in [0.25, 0.3) is 5.91 Å². The highest BCUT2D eigenvalue weighted by atomic mass is 16.5. The topological polar surface area (TPSA) is 64.4 Å². The van der Waals surface area contributed by atoms with Crippen molar-refractivity contribution in [2.45, 2.75) is 60.1 Å². The average molecular weight is 407 g/mol. The first-order chi connectivity index (χ1) is 14.3. The minimum Gasteiger partial charge on any atom is -0.488 e. The van der Waals surface area contributed by atoms with Gasteiger partial charge in [-0.3, -0.25) is 4.79 Å². The van der Waals surface area contributed by atoms with Crippen molar-refractivity contribution in [3.8, 4) is 5.75 Å². The van der Waals surface area contributed by atoms with Crippen molar-refractivity contribution in [2.24, 2.45) is 0 Å². The van der Waals surface area contributed by atoms with Crippen LogP contribution in [0.25, 0.3) is 0 Å². The predicted octanol–water partition coefficient (Wildman–Crippen LogP) is 5.79. The third-order valence-corrected chi connectivity index (χ3v) is 5.35. The summed E-state index contributed by atoms with van der Waals surface area (Å²) in [6.45, 7) is 12.3. The molecule has 1 amide bonds. The fraction of sp³-hybridized carbons (Fsp3) is 0.360. The van der Waals surface area contributed by atoms with Gasteiger partial charge in [0, 0.05) is 0 Å². The summed E-state index contributed by atoms with van der Waals surface area (Å²) < 4.78 is 11.2. The molecular weight excluding hydrogens is 376 g/mol. The van der Waals surface area contributed by atoms with E-state index in [1.807, 2.05) is 32.9 Å². The van der Waals surface area contributed by atoms with E-state index in [1.54, 1.807) is 6.92 Å². The van der Waals surface area contributed by atoms with Crippen molar-refractivity contribution in [3.63, 3.8) is 0 Å². The van der Waals surface area contributed by atoms with Crippen LogP contribution in [0.3, 0.4) is 0 Å². The Balaban J connectivity index is 1.70. The van der Waals surface area contributed by atoms with Crippen LogP contribution >= 0.6 is 0 Å². The monoisotopic (exact) mass is 406 g/mol. The number of nitrogens with zero attached hydrogens (tertiary/aromatic N) is 1. The number of aryl methyl sites for hydroxylation is 3. The molecule has 5 heteroatoms. The molecule has 0 aliphatic carbocycles. The summed E-state index contributed by atoms with van der Waals surface area (Å²) in [6, 6.07) is 14.2. The van der Waals surface area contributed by atoms with E-state index in [4.69, 9.17) is 9.26 Å². The summed E-state index contributed by atoms with van der Waals surface area (Å²) in [7, 11) is 0. The summed E-state index contributed by atoms with van der Waals surface area (Å²) in [5.74, 6) is 1.57. The van der Waals surface area contributed by atoms with Crippen molar-refractivity contribution in [1.29, 1.82) is 0 Å². The molecule has 0 aliphatic heterocycles. The molecule has 3 rings (SSSR count). The van der Waals surface area contributed by atoms with Crippen molar-refractivity contribution in [3.05, 3.63) is 81.7 Å². The number of hydrogen-bond acceptors (Lipinski definition) is 4. The molecule has 1 atom stereocenters. The van der Waals surface area contributed by atoms with E-state index in [9.17, 15) is 4.79 Å². The molecule has 5 nitrogen and oxygen atoms in total. The first-order valence-corrected chi connectivity index (χ1v) is 10.3. The van der Waals surface area contributed by atoms with E-state index >= 15 is 0 Å².